The zero-order chi connectivity index (χ0) is 25.3. The van der Waals surface area contributed by atoms with Crippen LogP contribution in [0.5, 0.6) is 11.5 Å². The van der Waals surface area contributed by atoms with E-state index in [9.17, 15) is 4.79 Å². The molecular weight excluding hydrogens is 462 g/mol. The maximum absolute atomic E-state index is 12.9. The van der Waals surface area contributed by atoms with E-state index in [1.165, 1.54) is 11.1 Å². The summed E-state index contributed by atoms with van der Waals surface area (Å²) in [5.41, 5.74) is 8.20. The molecule has 0 aliphatic carbocycles. The van der Waals surface area contributed by atoms with Crippen molar-refractivity contribution in [1.29, 1.82) is 0 Å². The SMILES string of the molecule is COc1ccc(Cl)cc1NC(=O)/C=C(\C)c1cc2c(-c3ccc(C)cc3C)coc2c(C)c1OC. The van der Waals surface area contributed by atoms with Crippen molar-refractivity contribution in [3.8, 4) is 22.6 Å². The standard InChI is InChI=1S/C29H28ClNO4/c1-16-7-9-21(17(2)11-16)24-15-35-29-19(4)28(34-6)22(14-23(24)29)18(3)12-27(32)31-25-13-20(30)8-10-26(25)33-5/h7-15H,1-6H3,(H,31,32)/b18-12+. The molecule has 1 N–H and O–H groups in total. The van der Waals surface area contributed by atoms with Gasteiger partial charge in [0.15, 0.2) is 0 Å². The van der Waals surface area contributed by atoms with Crippen LogP contribution >= 0.6 is 11.6 Å². The second-order valence-corrected chi connectivity index (χ2v) is 9.02. The number of hydrogen-bond donors (Lipinski definition) is 1. The Hall–Kier alpha value is -3.70. The summed E-state index contributed by atoms with van der Waals surface area (Å²) >= 11 is 6.10. The maximum atomic E-state index is 12.9. The first-order valence-electron chi connectivity index (χ1n) is 11.2. The lowest BCUT2D eigenvalue weighted by Crippen LogP contribution is -2.10. The smallest absolute Gasteiger partial charge is 0.248 e. The fourth-order valence-corrected chi connectivity index (χ4v) is 4.59. The van der Waals surface area contributed by atoms with E-state index in [0.717, 1.165) is 38.8 Å². The molecule has 0 atom stereocenters. The molecule has 0 radical (unpaired) electrons. The number of amides is 1. The Labute approximate surface area is 210 Å². The number of carbonyl (C=O) groups is 1. The average Bonchev–Trinajstić information content (AvgIpc) is 3.23. The van der Waals surface area contributed by atoms with Crippen LogP contribution in [-0.2, 0) is 4.79 Å². The van der Waals surface area contributed by atoms with Gasteiger partial charge in [-0.25, -0.2) is 0 Å². The summed E-state index contributed by atoms with van der Waals surface area (Å²) in [4.78, 5) is 12.9. The number of rotatable bonds is 6. The molecule has 3 aromatic carbocycles. The number of benzene rings is 3. The number of hydrogen-bond acceptors (Lipinski definition) is 4. The Balaban J connectivity index is 1.78. The lowest BCUT2D eigenvalue weighted by atomic mass is 9.94. The fourth-order valence-electron chi connectivity index (χ4n) is 4.42. The van der Waals surface area contributed by atoms with E-state index < -0.39 is 0 Å². The van der Waals surface area contributed by atoms with Gasteiger partial charge in [0.2, 0.25) is 5.91 Å². The van der Waals surface area contributed by atoms with Crippen LogP contribution in [-0.4, -0.2) is 20.1 Å². The minimum absolute atomic E-state index is 0.301. The molecule has 180 valence electrons. The van der Waals surface area contributed by atoms with Crippen molar-refractivity contribution in [3.05, 3.63) is 82.1 Å². The molecule has 0 saturated heterocycles. The number of allylic oxidation sites excluding steroid dienone is 1. The van der Waals surface area contributed by atoms with Crippen LogP contribution < -0.4 is 14.8 Å². The highest BCUT2D eigenvalue weighted by Gasteiger charge is 2.19. The zero-order valence-electron chi connectivity index (χ0n) is 20.7. The van der Waals surface area contributed by atoms with Crippen LogP contribution in [0.3, 0.4) is 0 Å². The molecule has 35 heavy (non-hydrogen) atoms. The second-order valence-electron chi connectivity index (χ2n) is 8.59. The summed E-state index contributed by atoms with van der Waals surface area (Å²) in [5.74, 6) is 0.894. The van der Waals surface area contributed by atoms with Crippen molar-refractivity contribution in [2.75, 3.05) is 19.5 Å². The van der Waals surface area contributed by atoms with Gasteiger partial charge in [0.1, 0.15) is 17.1 Å². The van der Waals surface area contributed by atoms with Crippen LogP contribution in [0.4, 0.5) is 5.69 Å². The van der Waals surface area contributed by atoms with E-state index in [2.05, 4.69) is 37.4 Å². The number of ether oxygens (including phenoxy) is 2. The number of aryl methyl sites for hydroxylation is 3. The molecule has 0 aliphatic rings. The first-order valence-corrected chi connectivity index (χ1v) is 11.6. The van der Waals surface area contributed by atoms with Gasteiger partial charge in [-0.2, -0.15) is 0 Å². The molecule has 5 nitrogen and oxygen atoms in total. The normalized spacial score (nSPS) is 11.6. The first-order chi connectivity index (χ1) is 16.7. The molecule has 0 unspecified atom stereocenters. The topological polar surface area (TPSA) is 60.7 Å². The highest BCUT2D eigenvalue weighted by atomic mass is 35.5. The minimum Gasteiger partial charge on any atom is -0.496 e. The number of nitrogens with one attached hydrogen (secondary N) is 1. The summed E-state index contributed by atoms with van der Waals surface area (Å²) in [6, 6.07) is 13.5. The molecule has 0 fully saturated rings. The van der Waals surface area contributed by atoms with Crippen molar-refractivity contribution in [2.24, 2.45) is 0 Å². The van der Waals surface area contributed by atoms with Gasteiger partial charge in [-0.15, -0.1) is 0 Å². The van der Waals surface area contributed by atoms with Gasteiger partial charge in [-0.3, -0.25) is 4.79 Å². The molecule has 6 heteroatoms. The van der Waals surface area contributed by atoms with Crippen molar-refractivity contribution in [3.63, 3.8) is 0 Å². The Kier molecular flexibility index (Phi) is 6.90. The van der Waals surface area contributed by atoms with Crippen LogP contribution in [0, 0.1) is 20.8 Å². The maximum Gasteiger partial charge on any atom is 0.248 e. The third-order valence-corrected chi connectivity index (χ3v) is 6.35. The molecular formula is C29H28ClNO4. The summed E-state index contributed by atoms with van der Waals surface area (Å²) in [5, 5.41) is 4.32. The minimum atomic E-state index is -0.301. The lowest BCUT2D eigenvalue weighted by molar-refractivity contribution is -0.111. The number of methoxy groups -OCH3 is 2. The van der Waals surface area contributed by atoms with Crippen molar-refractivity contribution >= 4 is 39.7 Å². The van der Waals surface area contributed by atoms with E-state index in [0.29, 0.717) is 22.2 Å². The van der Waals surface area contributed by atoms with Gasteiger partial charge in [0, 0.05) is 33.2 Å². The van der Waals surface area contributed by atoms with Gasteiger partial charge in [-0.1, -0.05) is 35.4 Å². The zero-order valence-corrected chi connectivity index (χ0v) is 21.5. The molecule has 0 saturated carbocycles. The Morgan fingerprint density at radius 1 is 1.00 bits per heavy atom. The van der Waals surface area contributed by atoms with E-state index in [-0.39, 0.29) is 5.91 Å². The Morgan fingerprint density at radius 3 is 2.46 bits per heavy atom. The third-order valence-electron chi connectivity index (χ3n) is 6.11. The lowest BCUT2D eigenvalue weighted by Gasteiger charge is -2.14. The van der Waals surface area contributed by atoms with Crippen LogP contribution in [0.2, 0.25) is 5.02 Å². The van der Waals surface area contributed by atoms with Crippen LogP contribution in [0.1, 0.15) is 29.2 Å². The largest absolute Gasteiger partial charge is 0.496 e. The molecule has 4 rings (SSSR count). The molecule has 1 amide bonds. The number of anilines is 1. The predicted molar refractivity (Wildman–Crippen MR) is 143 cm³/mol. The van der Waals surface area contributed by atoms with Crippen LogP contribution in [0.15, 0.2) is 59.2 Å². The van der Waals surface area contributed by atoms with Crippen molar-refractivity contribution < 1.29 is 18.7 Å². The van der Waals surface area contributed by atoms with E-state index in [4.69, 9.17) is 25.5 Å². The molecule has 0 spiro atoms. The summed E-state index contributed by atoms with van der Waals surface area (Å²) < 4.78 is 17.1. The third kappa shape index (κ3) is 4.77. The van der Waals surface area contributed by atoms with Crippen molar-refractivity contribution in [1.82, 2.24) is 0 Å². The number of furan rings is 1. The fraction of sp³-hybridized carbons (Fsp3) is 0.207. The van der Waals surface area contributed by atoms with E-state index in [1.54, 1.807) is 44.8 Å². The van der Waals surface area contributed by atoms with Gasteiger partial charge in [0.25, 0.3) is 0 Å². The monoisotopic (exact) mass is 489 g/mol. The van der Waals surface area contributed by atoms with E-state index >= 15 is 0 Å². The van der Waals surface area contributed by atoms with E-state index in [1.807, 2.05) is 19.9 Å². The quantitative estimate of drug-likeness (QED) is 0.281. The Bertz CT molecular complexity index is 1470. The van der Waals surface area contributed by atoms with Gasteiger partial charge in [-0.05, 0) is 68.7 Å². The summed E-state index contributed by atoms with van der Waals surface area (Å²) in [6.07, 6.45) is 3.33. The second kappa shape index (κ2) is 9.88. The molecule has 1 aromatic heterocycles. The summed E-state index contributed by atoms with van der Waals surface area (Å²) in [7, 11) is 3.16. The van der Waals surface area contributed by atoms with Gasteiger partial charge < -0.3 is 19.2 Å². The highest BCUT2D eigenvalue weighted by Crippen LogP contribution is 2.41. The first kappa shape index (κ1) is 24.4. The molecule has 4 aromatic rings. The van der Waals surface area contributed by atoms with Gasteiger partial charge in [0.05, 0.1) is 26.2 Å². The number of halogens is 1. The molecule has 1 heterocycles. The number of fused-ring (bicyclic) bond motifs is 1. The average molecular weight is 490 g/mol. The van der Waals surface area contributed by atoms with Crippen molar-refractivity contribution in [2.45, 2.75) is 27.7 Å². The van der Waals surface area contributed by atoms with Gasteiger partial charge >= 0.3 is 0 Å². The highest BCUT2D eigenvalue weighted by molar-refractivity contribution is 6.31. The molecule has 0 bridgehead atoms. The number of carbonyl (C=O) groups excluding carboxylic acids is 1. The Morgan fingerprint density at radius 2 is 1.77 bits per heavy atom. The predicted octanol–water partition coefficient (Wildman–Crippen LogP) is 7.74. The van der Waals surface area contributed by atoms with Crippen LogP contribution in [0.25, 0.3) is 27.7 Å². The molecule has 0 aliphatic heterocycles. The summed E-state index contributed by atoms with van der Waals surface area (Å²) in [6.45, 7) is 8.02.